The molecule has 2 aromatic rings. The third-order valence-corrected chi connectivity index (χ3v) is 2.49. The quantitative estimate of drug-likeness (QED) is 0.868. The maximum Gasteiger partial charge on any atom is 0.573 e. The number of nitrogens with zero attached hydrogens (tertiary/aromatic N) is 2. The zero-order valence-corrected chi connectivity index (χ0v) is 11.0. The molecule has 0 saturated carbocycles. The van der Waals surface area contributed by atoms with Crippen molar-refractivity contribution in [2.75, 3.05) is 5.32 Å². The van der Waals surface area contributed by atoms with Gasteiger partial charge in [0.2, 0.25) is 5.28 Å². The molecule has 1 N–H and O–H groups in total. The van der Waals surface area contributed by atoms with Crippen LogP contribution in [-0.2, 0) is 0 Å². The molecule has 0 aliphatic carbocycles. The number of para-hydroxylation sites is 2. The molecule has 0 aliphatic heterocycles. The number of alkyl halides is 3. The van der Waals surface area contributed by atoms with E-state index in [0.29, 0.717) is 11.4 Å². The van der Waals surface area contributed by atoms with Crippen molar-refractivity contribution < 1.29 is 17.9 Å². The van der Waals surface area contributed by atoms with E-state index in [4.69, 9.17) is 11.6 Å². The lowest BCUT2D eigenvalue weighted by Crippen LogP contribution is -2.18. The average molecular weight is 304 g/mol. The second kappa shape index (κ2) is 5.54. The molecule has 106 valence electrons. The predicted octanol–water partition coefficient (Wildman–Crippen LogP) is 4.08. The number of benzene rings is 1. The number of halogens is 4. The Morgan fingerprint density at radius 1 is 1.25 bits per heavy atom. The van der Waals surface area contributed by atoms with Crippen LogP contribution in [0.15, 0.2) is 30.5 Å². The van der Waals surface area contributed by atoms with Crippen molar-refractivity contribution in [3.8, 4) is 5.75 Å². The maximum atomic E-state index is 12.3. The fourth-order valence-electron chi connectivity index (χ4n) is 1.46. The monoisotopic (exact) mass is 303 g/mol. The van der Waals surface area contributed by atoms with Gasteiger partial charge in [-0.25, -0.2) is 9.97 Å². The largest absolute Gasteiger partial charge is 0.573 e. The molecule has 20 heavy (non-hydrogen) atoms. The summed E-state index contributed by atoms with van der Waals surface area (Å²) in [7, 11) is 0. The summed E-state index contributed by atoms with van der Waals surface area (Å²) in [5, 5.41) is 2.74. The van der Waals surface area contributed by atoms with Gasteiger partial charge in [-0.3, -0.25) is 0 Å². The first-order chi connectivity index (χ1) is 9.35. The summed E-state index contributed by atoms with van der Waals surface area (Å²) >= 11 is 5.66. The summed E-state index contributed by atoms with van der Waals surface area (Å²) in [5.41, 5.74) is 0.763. The molecule has 1 aromatic carbocycles. The van der Waals surface area contributed by atoms with Crippen LogP contribution in [0.4, 0.5) is 24.7 Å². The molecular weight excluding hydrogens is 295 g/mol. The van der Waals surface area contributed by atoms with Gasteiger partial charge >= 0.3 is 6.36 Å². The molecule has 0 fully saturated rings. The van der Waals surface area contributed by atoms with Crippen molar-refractivity contribution in [2.45, 2.75) is 13.3 Å². The number of aryl methyl sites for hydroxylation is 1. The fourth-order valence-corrected chi connectivity index (χ4v) is 1.59. The van der Waals surface area contributed by atoms with Crippen molar-refractivity contribution in [3.63, 3.8) is 0 Å². The van der Waals surface area contributed by atoms with Crippen LogP contribution in [0.2, 0.25) is 5.28 Å². The van der Waals surface area contributed by atoms with Crippen LogP contribution in [-0.4, -0.2) is 16.3 Å². The van der Waals surface area contributed by atoms with Gasteiger partial charge in [-0.2, -0.15) is 0 Å². The summed E-state index contributed by atoms with van der Waals surface area (Å²) in [4.78, 5) is 7.68. The average Bonchev–Trinajstić information content (AvgIpc) is 2.34. The second-order valence-electron chi connectivity index (χ2n) is 3.84. The molecule has 0 saturated heterocycles. The van der Waals surface area contributed by atoms with Crippen LogP contribution in [0.3, 0.4) is 0 Å². The van der Waals surface area contributed by atoms with Crippen LogP contribution >= 0.6 is 11.6 Å². The van der Waals surface area contributed by atoms with Crippen molar-refractivity contribution in [1.82, 2.24) is 9.97 Å². The second-order valence-corrected chi connectivity index (χ2v) is 4.18. The Labute approximate surface area is 117 Å². The smallest absolute Gasteiger partial charge is 0.404 e. The van der Waals surface area contributed by atoms with E-state index in [-0.39, 0.29) is 16.7 Å². The number of rotatable bonds is 3. The fraction of sp³-hybridized carbons (Fsp3) is 0.167. The number of aromatic nitrogens is 2. The molecule has 1 aromatic heterocycles. The molecule has 0 aliphatic rings. The molecule has 0 unspecified atom stereocenters. The lowest BCUT2D eigenvalue weighted by Gasteiger charge is -2.14. The van der Waals surface area contributed by atoms with E-state index >= 15 is 0 Å². The van der Waals surface area contributed by atoms with E-state index in [2.05, 4.69) is 20.0 Å². The summed E-state index contributed by atoms with van der Waals surface area (Å²) in [6.07, 6.45) is -3.30. The summed E-state index contributed by atoms with van der Waals surface area (Å²) < 4.78 is 40.9. The molecular formula is C12H9ClF3N3O. The van der Waals surface area contributed by atoms with Crippen LogP contribution in [0.5, 0.6) is 5.75 Å². The van der Waals surface area contributed by atoms with Crippen molar-refractivity contribution in [2.24, 2.45) is 0 Å². The third-order valence-electron chi connectivity index (χ3n) is 2.31. The van der Waals surface area contributed by atoms with Gasteiger partial charge < -0.3 is 10.1 Å². The highest BCUT2D eigenvalue weighted by molar-refractivity contribution is 6.28. The lowest BCUT2D eigenvalue weighted by molar-refractivity contribution is -0.274. The van der Waals surface area contributed by atoms with Gasteiger partial charge in [-0.05, 0) is 30.7 Å². The van der Waals surface area contributed by atoms with Crippen molar-refractivity contribution >= 4 is 23.1 Å². The Balaban J connectivity index is 2.32. The summed E-state index contributed by atoms with van der Waals surface area (Å²) in [5.74, 6) is -0.0441. The zero-order valence-electron chi connectivity index (χ0n) is 10.2. The van der Waals surface area contributed by atoms with Gasteiger partial charge in [0.25, 0.3) is 0 Å². The van der Waals surface area contributed by atoms with Gasteiger partial charge in [0.05, 0.1) is 5.69 Å². The van der Waals surface area contributed by atoms with Gasteiger partial charge in [0.1, 0.15) is 5.82 Å². The standard InChI is InChI=1S/C12H9ClF3N3O/c1-7-6-17-11(13)19-10(7)18-8-4-2-3-5-9(8)20-12(14,15)16/h2-6H,1H3,(H,17,18,19). The van der Waals surface area contributed by atoms with Gasteiger partial charge in [-0.15, -0.1) is 13.2 Å². The van der Waals surface area contributed by atoms with E-state index in [1.54, 1.807) is 13.0 Å². The molecule has 2 rings (SSSR count). The minimum absolute atomic E-state index is 0.00711. The lowest BCUT2D eigenvalue weighted by atomic mass is 10.2. The number of anilines is 2. The minimum Gasteiger partial charge on any atom is -0.404 e. The maximum absolute atomic E-state index is 12.3. The molecule has 4 nitrogen and oxygen atoms in total. The Bertz CT molecular complexity index is 619. The molecule has 8 heteroatoms. The van der Waals surface area contributed by atoms with Crippen LogP contribution < -0.4 is 10.1 Å². The molecule has 0 bridgehead atoms. The SMILES string of the molecule is Cc1cnc(Cl)nc1Nc1ccccc1OC(F)(F)F. The van der Waals surface area contributed by atoms with Crippen LogP contribution in [0.25, 0.3) is 0 Å². The van der Waals surface area contributed by atoms with Crippen molar-refractivity contribution in [3.05, 3.63) is 41.3 Å². The number of hydrogen-bond donors (Lipinski definition) is 1. The highest BCUT2D eigenvalue weighted by Crippen LogP contribution is 2.32. The first-order valence-electron chi connectivity index (χ1n) is 5.46. The van der Waals surface area contributed by atoms with Gasteiger partial charge in [0.15, 0.2) is 5.75 Å². The van der Waals surface area contributed by atoms with E-state index in [1.165, 1.54) is 24.4 Å². The summed E-state index contributed by atoms with van der Waals surface area (Å²) in [6.45, 7) is 1.70. The normalized spacial score (nSPS) is 11.2. The minimum atomic E-state index is -4.77. The summed E-state index contributed by atoms with van der Waals surface area (Å²) in [6, 6.07) is 5.65. The van der Waals surface area contributed by atoms with Crippen LogP contribution in [0.1, 0.15) is 5.56 Å². The first-order valence-corrected chi connectivity index (χ1v) is 5.84. The first kappa shape index (κ1) is 14.4. The molecule has 0 radical (unpaired) electrons. The Hall–Kier alpha value is -2.02. The molecule has 1 heterocycles. The van der Waals surface area contributed by atoms with E-state index in [0.717, 1.165) is 0 Å². The Morgan fingerprint density at radius 3 is 2.65 bits per heavy atom. The number of nitrogens with one attached hydrogen (secondary N) is 1. The highest BCUT2D eigenvalue weighted by Gasteiger charge is 2.32. The number of ether oxygens (including phenoxy) is 1. The topological polar surface area (TPSA) is 47.0 Å². The number of hydrogen-bond acceptors (Lipinski definition) is 4. The van der Waals surface area contributed by atoms with Gasteiger partial charge in [0, 0.05) is 11.8 Å². The predicted molar refractivity (Wildman–Crippen MR) is 68.2 cm³/mol. The Morgan fingerprint density at radius 2 is 1.95 bits per heavy atom. The van der Waals surface area contributed by atoms with Crippen LogP contribution in [0, 0.1) is 6.92 Å². The Kier molecular flexibility index (Phi) is 3.99. The van der Waals surface area contributed by atoms with E-state index < -0.39 is 6.36 Å². The molecule has 0 spiro atoms. The van der Waals surface area contributed by atoms with E-state index in [1.807, 2.05) is 0 Å². The van der Waals surface area contributed by atoms with Gasteiger partial charge in [-0.1, -0.05) is 12.1 Å². The molecule has 0 amide bonds. The van der Waals surface area contributed by atoms with E-state index in [9.17, 15) is 13.2 Å². The molecule has 0 atom stereocenters. The van der Waals surface area contributed by atoms with Crippen molar-refractivity contribution in [1.29, 1.82) is 0 Å². The zero-order chi connectivity index (χ0) is 14.8. The highest BCUT2D eigenvalue weighted by atomic mass is 35.5. The third kappa shape index (κ3) is 3.74.